The van der Waals surface area contributed by atoms with E-state index < -0.39 is 5.95 Å². The van der Waals surface area contributed by atoms with Crippen LogP contribution in [0.2, 0.25) is 0 Å². The van der Waals surface area contributed by atoms with Gasteiger partial charge in [-0.25, -0.2) is 4.98 Å². The van der Waals surface area contributed by atoms with Gasteiger partial charge in [-0.15, -0.1) is 0 Å². The molecule has 0 saturated heterocycles. The summed E-state index contributed by atoms with van der Waals surface area (Å²) in [6.07, 6.45) is 5.21. The Bertz CT molecular complexity index is 354. The quantitative estimate of drug-likeness (QED) is 0.792. The predicted octanol–water partition coefficient (Wildman–Crippen LogP) is 3.46. The summed E-state index contributed by atoms with van der Waals surface area (Å²) in [5.74, 6) is 1.06. The number of aromatic nitrogens is 1. The Labute approximate surface area is 96.3 Å². The van der Waals surface area contributed by atoms with E-state index >= 15 is 0 Å². The van der Waals surface area contributed by atoms with Crippen molar-refractivity contribution in [1.29, 1.82) is 0 Å². The number of halogens is 1. The van der Waals surface area contributed by atoms with Crippen LogP contribution in [0.4, 0.5) is 10.1 Å². The fourth-order valence-corrected chi connectivity index (χ4v) is 2.73. The molecule has 2 rings (SSSR count). The van der Waals surface area contributed by atoms with Crippen LogP contribution in [0.1, 0.15) is 33.1 Å². The average Bonchev–Trinajstić information content (AvgIpc) is 2.60. The minimum Gasteiger partial charge on any atom is -0.382 e. The molecule has 3 unspecified atom stereocenters. The van der Waals surface area contributed by atoms with Crippen LogP contribution in [0.5, 0.6) is 0 Å². The molecule has 0 spiro atoms. The first-order valence-corrected chi connectivity index (χ1v) is 6.08. The summed E-state index contributed by atoms with van der Waals surface area (Å²) in [6, 6.07) is 3.77. The summed E-state index contributed by atoms with van der Waals surface area (Å²) in [5, 5.41) is 3.42. The van der Waals surface area contributed by atoms with E-state index in [2.05, 4.69) is 24.1 Å². The van der Waals surface area contributed by atoms with Gasteiger partial charge in [-0.1, -0.05) is 20.3 Å². The summed E-state index contributed by atoms with van der Waals surface area (Å²) in [6.45, 7) is 4.53. The predicted molar refractivity (Wildman–Crippen MR) is 63.8 cm³/mol. The lowest BCUT2D eigenvalue weighted by atomic mass is 9.93. The first-order chi connectivity index (χ1) is 7.70. The van der Waals surface area contributed by atoms with Crippen molar-refractivity contribution in [2.24, 2.45) is 11.8 Å². The van der Waals surface area contributed by atoms with E-state index in [1.807, 2.05) is 6.07 Å². The molecular formula is C13H19FN2. The first-order valence-electron chi connectivity index (χ1n) is 6.08. The van der Waals surface area contributed by atoms with Crippen molar-refractivity contribution in [1.82, 2.24) is 4.98 Å². The molecule has 1 aromatic heterocycles. The number of hydrogen-bond acceptors (Lipinski definition) is 2. The fraction of sp³-hybridized carbons (Fsp3) is 0.615. The topological polar surface area (TPSA) is 24.9 Å². The molecule has 0 aromatic carbocycles. The molecular weight excluding hydrogens is 203 g/mol. The van der Waals surface area contributed by atoms with Crippen LogP contribution in [-0.4, -0.2) is 11.0 Å². The minimum absolute atomic E-state index is 0.414. The van der Waals surface area contributed by atoms with Crippen LogP contribution in [0.3, 0.4) is 0 Å². The SMILES string of the molecule is CCC1CCC(Nc2ccnc(F)c2)C1C. The Morgan fingerprint density at radius 2 is 2.31 bits per heavy atom. The van der Waals surface area contributed by atoms with Gasteiger partial charge in [0.1, 0.15) is 0 Å². The van der Waals surface area contributed by atoms with Crippen molar-refractivity contribution in [3.63, 3.8) is 0 Å². The lowest BCUT2D eigenvalue weighted by Gasteiger charge is -2.21. The van der Waals surface area contributed by atoms with Gasteiger partial charge in [-0.05, 0) is 30.7 Å². The molecule has 1 fully saturated rings. The number of anilines is 1. The van der Waals surface area contributed by atoms with Crippen molar-refractivity contribution in [3.8, 4) is 0 Å². The van der Waals surface area contributed by atoms with Gasteiger partial charge in [-0.3, -0.25) is 0 Å². The van der Waals surface area contributed by atoms with Gasteiger partial charge in [0, 0.05) is 24.0 Å². The molecule has 3 atom stereocenters. The molecule has 0 bridgehead atoms. The molecule has 1 aromatic rings. The van der Waals surface area contributed by atoms with Crippen molar-refractivity contribution in [2.45, 2.75) is 39.2 Å². The number of pyridine rings is 1. The number of rotatable bonds is 3. The Balaban J connectivity index is 2.00. The smallest absolute Gasteiger partial charge is 0.214 e. The summed E-state index contributed by atoms with van der Waals surface area (Å²) in [7, 11) is 0. The molecule has 0 amide bonds. The van der Waals surface area contributed by atoms with Gasteiger partial charge >= 0.3 is 0 Å². The molecule has 1 aliphatic rings. The maximum absolute atomic E-state index is 12.9. The van der Waals surface area contributed by atoms with Crippen LogP contribution in [-0.2, 0) is 0 Å². The zero-order valence-corrected chi connectivity index (χ0v) is 9.91. The highest BCUT2D eigenvalue weighted by Gasteiger charge is 2.31. The zero-order valence-electron chi connectivity index (χ0n) is 9.91. The second-order valence-corrected chi connectivity index (χ2v) is 4.72. The van der Waals surface area contributed by atoms with Gasteiger partial charge in [-0.2, -0.15) is 4.39 Å². The standard InChI is InChI=1S/C13H19FN2/c1-3-10-4-5-12(9(10)2)16-11-6-7-15-13(14)8-11/h6-10,12H,3-5H2,1-2H3,(H,15,16). The highest BCUT2D eigenvalue weighted by Crippen LogP contribution is 2.35. The van der Waals surface area contributed by atoms with E-state index in [4.69, 9.17) is 0 Å². The molecule has 1 N–H and O–H groups in total. The molecule has 1 saturated carbocycles. The van der Waals surface area contributed by atoms with Crippen LogP contribution >= 0.6 is 0 Å². The highest BCUT2D eigenvalue weighted by molar-refractivity contribution is 5.42. The molecule has 0 radical (unpaired) electrons. The average molecular weight is 222 g/mol. The lowest BCUT2D eigenvalue weighted by molar-refractivity contribution is 0.392. The molecule has 1 heterocycles. The minimum atomic E-state index is -0.414. The number of hydrogen-bond donors (Lipinski definition) is 1. The normalized spacial score (nSPS) is 29.3. The van der Waals surface area contributed by atoms with E-state index in [1.54, 1.807) is 0 Å². The monoisotopic (exact) mass is 222 g/mol. The van der Waals surface area contributed by atoms with Crippen LogP contribution < -0.4 is 5.32 Å². The van der Waals surface area contributed by atoms with E-state index in [9.17, 15) is 4.39 Å². The Hall–Kier alpha value is -1.12. The molecule has 0 aliphatic heterocycles. The second-order valence-electron chi connectivity index (χ2n) is 4.72. The van der Waals surface area contributed by atoms with E-state index in [0.29, 0.717) is 12.0 Å². The largest absolute Gasteiger partial charge is 0.382 e. The van der Waals surface area contributed by atoms with Crippen molar-refractivity contribution < 1.29 is 4.39 Å². The number of nitrogens with one attached hydrogen (secondary N) is 1. The lowest BCUT2D eigenvalue weighted by Crippen LogP contribution is -2.24. The van der Waals surface area contributed by atoms with Crippen molar-refractivity contribution >= 4 is 5.69 Å². The van der Waals surface area contributed by atoms with Crippen molar-refractivity contribution in [2.75, 3.05) is 5.32 Å². The number of nitrogens with zero attached hydrogens (tertiary/aromatic N) is 1. The van der Waals surface area contributed by atoms with E-state index in [1.165, 1.54) is 31.5 Å². The maximum atomic E-state index is 12.9. The van der Waals surface area contributed by atoms with Crippen LogP contribution in [0.15, 0.2) is 18.3 Å². The van der Waals surface area contributed by atoms with Crippen molar-refractivity contribution in [3.05, 3.63) is 24.3 Å². The molecule has 2 nitrogen and oxygen atoms in total. The van der Waals surface area contributed by atoms with Crippen LogP contribution in [0, 0.1) is 17.8 Å². The second kappa shape index (κ2) is 4.81. The molecule has 3 heteroatoms. The first kappa shape index (κ1) is 11.4. The van der Waals surface area contributed by atoms with E-state index in [-0.39, 0.29) is 0 Å². The van der Waals surface area contributed by atoms with Crippen LogP contribution in [0.25, 0.3) is 0 Å². The summed E-state index contributed by atoms with van der Waals surface area (Å²) in [4.78, 5) is 3.56. The third-order valence-electron chi connectivity index (χ3n) is 3.83. The summed E-state index contributed by atoms with van der Waals surface area (Å²) in [5.41, 5.74) is 0.848. The van der Waals surface area contributed by atoms with Gasteiger partial charge in [0.15, 0.2) is 0 Å². The Morgan fingerprint density at radius 1 is 1.50 bits per heavy atom. The molecule has 1 aliphatic carbocycles. The fourth-order valence-electron chi connectivity index (χ4n) is 2.73. The molecule has 88 valence electrons. The summed E-state index contributed by atoms with van der Waals surface area (Å²) < 4.78 is 12.9. The zero-order chi connectivity index (χ0) is 11.5. The third-order valence-corrected chi connectivity index (χ3v) is 3.83. The van der Waals surface area contributed by atoms with Gasteiger partial charge in [0.2, 0.25) is 5.95 Å². The van der Waals surface area contributed by atoms with Gasteiger partial charge < -0.3 is 5.32 Å². The van der Waals surface area contributed by atoms with Gasteiger partial charge in [0.25, 0.3) is 0 Å². The highest BCUT2D eigenvalue weighted by atomic mass is 19.1. The third kappa shape index (κ3) is 2.34. The van der Waals surface area contributed by atoms with Gasteiger partial charge in [0.05, 0.1) is 0 Å². The summed E-state index contributed by atoms with van der Waals surface area (Å²) >= 11 is 0. The molecule has 16 heavy (non-hydrogen) atoms. The Morgan fingerprint density at radius 3 is 2.94 bits per heavy atom. The Kier molecular flexibility index (Phi) is 3.42. The van der Waals surface area contributed by atoms with E-state index in [0.717, 1.165) is 11.6 Å². The maximum Gasteiger partial charge on any atom is 0.214 e.